The Balaban J connectivity index is 1.36. The van der Waals surface area contributed by atoms with Gasteiger partial charge in [0, 0.05) is 25.5 Å². The molecule has 5 nitrogen and oxygen atoms in total. The summed E-state index contributed by atoms with van der Waals surface area (Å²) in [6.07, 6.45) is 4.83. The Morgan fingerprint density at radius 3 is 2.29 bits per heavy atom. The van der Waals surface area contributed by atoms with Crippen molar-refractivity contribution < 1.29 is 9.59 Å². The smallest absolute Gasteiger partial charge is 0.224 e. The number of pyridine rings is 1. The molecule has 1 aliphatic carbocycles. The van der Waals surface area contributed by atoms with Gasteiger partial charge in [0.15, 0.2) is 0 Å². The summed E-state index contributed by atoms with van der Waals surface area (Å²) in [5.41, 5.74) is 2.20. The van der Waals surface area contributed by atoms with E-state index in [9.17, 15) is 9.59 Å². The van der Waals surface area contributed by atoms with Crippen LogP contribution >= 0.6 is 0 Å². The van der Waals surface area contributed by atoms with E-state index in [4.69, 9.17) is 0 Å². The van der Waals surface area contributed by atoms with Gasteiger partial charge in [0.2, 0.25) is 11.8 Å². The van der Waals surface area contributed by atoms with Gasteiger partial charge in [-0.15, -0.1) is 0 Å². The van der Waals surface area contributed by atoms with Crippen LogP contribution in [0.4, 0.5) is 0 Å². The number of nitrogens with one attached hydrogen (secondary N) is 2. The minimum absolute atomic E-state index is 0.0185. The number of benzene rings is 1. The summed E-state index contributed by atoms with van der Waals surface area (Å²) in [4.78, 5) is 28.1. The van der Waals surface area contributed by atoms with Gasteiger partial charge < -0.3 is 10.6 Å². The van der Waals surface area contributed by atoms with Crippen LogP contribution in [0.5, 0.6) is 0 Å². The molecule has 1 saturated carbocycles. The van der Waals surface area contributed by atoms with Crippen molar-refractivity contribution in [3.05, 3.63) is 66.0 Å². The summed E-state index contributed by atoms with van der Waals surface area (Å²) in [5, 5.41) is 5.81. The number of carbonyl (C=O) groups is 2. The lowest BCUT2D eigenvalue weighted by Crippen LogP contribution is -2.31. The van der Waals surface area contributed by atoms with Crippen LogP contribution in [0.15, 0.2) is 54.9 Å². The zero-order valence-corrected chi connectivity index (χ0v) is 13.4. The predicted octanol–water partition coefficient (Wildman–Crippen LogP) is 1.69. The molecule has 0 bridgehead atoms. The van der Waals surface area contributed by atoms with Crippen LogP contribution in [0, 0.1) is 11.8 Å². The highest BCUT2D eigenvalue weighted by Crippen LogP contribution is 2.38. The lowest BCUT2D eigenvalue weighted by molar-refractivity contribution is -0.127. The molecular weight excluding hydrogens is 302 g/mol. The van der Waals surface area contributed by atoms with Crippen LogP contribution in [0.2, 0.25) is 0 Å². The fourth-order valence-electron chi connectivity index (χ4n) is 2.70. The molecule has 1 aromatic heterocycles. The Morgan fingerprint density at radius 2 is 1.58 bits per heavy atom. The second kappa shape index (κ2) is 7.73. The zero-order chi connectivity index (χ0) is 16.8. The number of amides is 2. The molecule has 3 rings (SSSR count). The van der Waals surface area contributed by atoms with E-state index < -0.39 is 0 Å². The SMILES string of the molecule is O=C(NCCc1ccccc1)C1CC1C(=O)NCc1ccncc1. The van der Waals surface area contributed by atoms with Gasteiger partial charge in [0.05, 0.1) is 11.8 Å². The van der Waals surface area contributed by atoms with Crippen LogP contribution in [-0.2, 0) is 22.6 Å². The maximum absolute atomic E-state index is 12.1. The first-order valence-corrected chi connectivity index (χ1v) is 8.22. The number of hydrogen-bond acceptors (Lipinski definition) is 3. The molecule has 1 fully saturated rings. The van der Waals surface area contributed by atoms with E-state index in [1.54, 1.807) is 12.4 Å². The second-order valence-electron chi connectivity index (χ2n) is 6.05. The van der Waals surface area contributed by atoms with Gasteiger partial charge >= 0.3 is 0 Å². The lowest BCUT2D eigenvalue weighted by Gasteiger charge is -2.06. The van der Waals surface area contributed by atoms with E-state index >= 15 is 0 Å². The standard InChI is InChI=1S/C19H21N3O2/c23-18(21-11-8-14-4-2-1-3-5-14)16-12-17(16)19(24)22-13-15-6-9-20-10-7-15/h1-7,9-10,16-17H,8,11-13H2,(H,21,23)(H,22,24). The van der Waals surface area contributed by atoms with Crippen LogP contribution in [0.3, 0.4) is 0 Å². The Hall–Kier alpha value is -2.69. The summed E-state index contributed by atoms with van der Waals surface area (Å²) in [7, 11) is 0. The molecule has 2 unspecified atom stereocenters. The third-order valence-electron chi connectivity index (χ3n) is 4.24. The molecule has 124 valence electrons. The highest BCUT2D eigenvalue weighted by Gasteiger charge is 2.47. The van der Waals surface area contributed by atoms with Gasteiger partial charge in [-0.2, -0.15) is 0 Å². The number of hydrogen-bond donors (Lipinski definition) is 2. The van der Waals surface area contributed by atoms with Crippen molar-refractivity contribution in [3.63, 3.8) is 0 Å². The summed E-state index contributed by atoms with van der Waals surface area (Å²) in [6.45, 7) is 1.07. The summed E-state index contributed by atoms with van der Waals surface area (Å²) in [6, 6.07) is 13.8. The maximum atomic E-state index is 12.1. The van der Waals surface area contributed by atoms with Crippen molar-refractivity contribution in [2.75, 3.05) is 6.54 Å². The lowest BCUT2D eigenvalue weighted by atomic mass is 10.1. The molecule has 0 radical (unpaired) electrons. The summed E-state index contributed by atoms with van der Waals surface area (Å²) < 4.78 is 0. The average Bonchev–Trinajstić information content (AvgIpc) is 3.42. The highest BCUT2D eigenvalue weighted by atomic mass is 16.2. The Bertz CT molecular complexity index is 688. The third kappa shape index (κ3) is 4.41. The minimum atomic E-state index is -0.191. The van der Waals surface area contributed by atoms with Crippen LogP contribution < -0.4 is 10.6 Å². The molecule has 1 aliphatic rings. The zero-order valence-electron chi connectivity index (χ0n) is 13.4. The van der Waals surface area contributed by atoms with Crippen molar-refractivity contribution in [1.82, 2.24) is 15.6 Å². The monoisotopic (exact) mass is 323 g/mol. The third-order valence-corrected chi connectivity index (χ3v) is 4.24. The largest absolute Gasteiger partial charge is 0.356 e. The maximum Gasteiger partial charge on any atom is 0.224 e. The molecular formula is C19H21N3O2. The Kier molecular flexibility index (Phi) is 5.21. The molecule has 0 aliphatic heterocycles. The molecule has 2 atom stereocenters. The molecule has 1 heterocycles. The van der Waals surface area contributed by atoms with Gasteiger partial charge in [-0.3, -0.25) is 14.6 Å². The van der Waals surface area contributed by atoms with Crippen LogP contribution in [0.1, 0.15) is 17.5 Å². The predicted molar refractivity (Wildman–Crippen MR) is 90.8 cm³/mol. The van der Waals surface area contributed by atoms with E-state index in [0.29, 0.717) is 19.5 Å². The normalized spacial score (nSPS) is 18.7. The van der Waals surface area contributed by atoms with Crippen molar-refractivity contribution in [2.45, 2.75) is 19.4 Å². The van der Waals surface area contributed by atoms with E-state index in [1.807, 2.05) is 42.5 Å². The van der Waals surface area contributed by atoms with Gasteiger partial charge in [-0.05, 0) is 36.1 Å². The quantitative estimate of drug-likeness (QED) is 0.814. The van der Waals surface area contributed by atoms with Crippen molar-refractivity contribution in [1.29, 1.82) is 0 Å². The topological polar surface area (TPSA) is 71.1 Å². The molecule has 2 amide bonds. The van der Waals surface area contributed by atoms with E-state index in [0.717, 1.165) is 12.0 Å². The fraction of sp³-hybridized carbons (Fsp3) is 0.316. The Labute approximate surface area is 141 Å². The highest BCUT2D eigenvalue weighted by molar-refractivity contribution is 5.92. The molecule has 2 aromatic rings. The van der Waals surface area contributed by atoms with Gasteiger partial charge in [-0.25, -0.2) is 0 Å². The van der Waals surface area contributed by atoms with Crippen molar-refractivity contribution in [2.24, 2.45) is 11.8 Å². The van der Waals surface area contributed by atoms with Gasteiger partial charge in [0.1, 0.15) is 0 Å². The van der Waals surface area contributed by atoms with Crippen molar-refractivity contribution in [3.8, 4) is 0 Å². The fourth-order valence-corrected chi connectivity index (χ4v) is 2.70. The number of nitrogens with zero attached hydrogens (tertiary/aromatic N) is 1. The summed E-state index contributed by atoms with van der Waals surface area (Å²) >= 11 is 0. The van der Waals surface area contributed by atoms with E-state index in [2.05, 4.69) is 15.6 Å². The first kappa shape index (κ1) is 16.2. The first-order chi connectivity index (χ1) is 11.7. The van der Waals surface area contributed by atoms with E-state index in [1.165, 1.54) is 5.56 Å². The van der Waals surface area contributed by atoms with Crippen LogP contribution in [0.25, 0.3) is 0 Å². The second-order valence-corrected chi connectivity index (χ2v) is 6.05. The molecule has 2 N–H and O–H groups in total. The molecule has 0 saturated heterocycles. The minimum Gasteiger partial charge on any atom is -0.356 e. The molecule has 0 spiro atoms. The van der Waals surface area contributed by atoms with Crippen molar-refractivity contribution >= 4 is 11.8 Å². The molecule has 24 heavy (non-hydrogen) atoms. The average molecular weight is 323 g/mol. The van der Waals surface area contributed by atoms with Crippen LogP contribution in [-0.4, -0.2) is 23.3 Å². The molecule has 5 heteroatoms. The first-order valence-electron chi connectivity index (χ1n) is 8.22. The van der Waals surface area contributed by atoms with E-state index in [-0.39, 0.29) is 23.7 Å². The van der Waals surface area contributed by atoms with Gasteiger partial charge in [-0.1, -0.05) is 30.3 Å². The number of carbonyl (C=O) groups excluding carboxylic acids is 2. The number of rotatable bonds is 7. The number of aromatic nitrogens is 1. The summed E-state index contributed by atoms with van der Waals surface area (Å²) in [5.74, 6) is -0.438. The van der Waals surface area contributed by atoms with Gasteiger partial charge in [0.25, 0.3) is 0 Å². The molecule has 1 aromatic carbocycles. The Morgan fingerprint density at radius 1 is 0.917 bits per heavy atom.